The zero-order valence-corrected chi connectivity index (χ0v) is 40.5. The van der Waals surface area contributed by atoms with Crippen LogP contribution >= 0.6 is 0 Å². The number of pyridine rings is 3. The third-order valence-corrected chi connectivity index (χ3v) is 13.1. The van der Waals surface area contributed by atoms with Crippen LogP contribution in [0.2, 0.25) is 0 Å². The molecule has 17 nitrogen and oxygen atoms in total. The summed E-state index contributed by atoms with van der Waals surface area (Å²) in [6, 6.07) is 27.1. The maximum absolute atomic E-state index is 15.0. The van der Waals surface area contributed by atoms with Crippen LogP contribution in [0.25, 0.3) is 33.5 Å². The second-order valence-corrected chi connectivity index (χ2v) is 18.0. The largest absolute Gasteiger partial charge is 0.475 e. The molecule has 0 spiro atoms. The fraction of sp³-hybridized carbons (Fsp3) is 0.333. The van der Waals surface area contributed by atoms with Crippen LogP contribution in [0.1, 0.15) is 54.0 Å². The molecule has 1 atom stereocenters. The monoisotopic (exact) mass is 979 g/mol. The molecule has 6 aromatic rings. The minimum absolute atomic E-state index is 0.0402. The molecule has 3 aliphatic rings. The molecule has 2 fully saturated rings. The number of anilines is 4. The first-order chi connectivity index (χ1) is 35.0. The molecule has 1 saturated carbocycles. The molecule has 0 unspecified atom stereocenters. The number of morpholine rings is 1. The lowest BCUT2D eigenvalue weighted by Gasteiger charge is -2.28. The van der Waals surface area contributed by atoms with Gasteiger partial charge in [-0.15, -0.1) is 0 Å². The number of nitrogens with zero attached hydrogens (tertiary/aromatic N) is 4. The average molecular weight is 980 g/mol. The van der Waals surface area contributed by atoms with Crippen molar-refractivity contribution in [3.63, 3.8) is 0 Å². The van der Waals surface area contributed by atoms with Crippen molar-refractivity contribution in [3.05, 3.63) is 131 Å². The summed E-state index contributed by atoms with van der Waals surface area (Å²) in [5.41, 5.74) is 9.07. The Morgan fingerprint density at radius 2 is 1.62 bits per heavy atom. The number of hydrogen-bond donors (Lipinski definition) is 5. The molecular formula is C54H58FN9O8. The fourth-order valence-electron chi connectivity index (χ4n) is 8.98. The van der Waals surface area contributed by atoms with Crippen LogP contribution in [0.3, 0.4) is 0 Å². The van der Waals surface area contributed by atoms with E-state index in [0.717, 1.165) is 59.3 Å². The van der Waals surface area contributed by atoms with Crippen LogP contribution < -0.4 is 36.2 Å². The SMILES string of the molecule is COC1(CCNC(=O)Nc2cc(-c3ccnc(-c4ccnc(NC(=O)OCOCCOc5cc(-c6cc(NC(=O)N[C@@H]7CCc8ccccc87)ccc6C)cc(N6CCOCC6)n5)c4)c3)c(C)cc2F)CC1. The summed E-state index contributed by atoms with van der Waals surface area (Å²) in [5, 5.41) is 14.2. The van der Waals surface area contributed by atoms with Crippen LogP contribution in [0.4, 0.5) is 41.8 Å². The van der Waals surface area contributed by atoms with Crippen molar-refractivity contribution in [2.45, 2.75) is 57.6 Å². The number of rotatable bonds is 18. The molecule has 5 amide bonds. The second kappa shape index (κ2) is 22.6. The molecule has 3 aromatic heterocycles. The topological polar surface area (TPSA) is 199 Å². The zero-order valence-electron chi connectivity index (χ0n) is 40.5. The first-order valence-corrected chi connectivity index (χ1v) is 24.1. The molecule has 0 radical (unpaired) electrons. The van der Waals surface area contributed by atoms with E-state index in [0.29, 0.717) is 73.2 Å². The summed E-state index contributed by atoms with van der Waals surface area (Å²) in [6.45, 7) is 6.56. The molecular weight excluding hydrogens is 922 g/mol. The van der Waals surface area contributed by atoms with Gasteiger partial charge in [-0.1, -0.05) is 30.3 Å². The molecule has 2 aliphatic carbocycles. The Bertz CT molecular complexity index is 2930. The normalized spacial score (nSPS) is 15.5. The van der Waals surface area contributed by atoms with Crippen LogP contribution in [-0.2, 0) is 25.4 Å². The molecule has 18 heteroatoms. The van der Waals surface area contributed by atoms with Crippen LogP contribution in [0, 0.1) is 19.7 Å². The van der Waals surface area contributed by atoms with Gasteiger partial charge in [0.2, 0.25) is 5.88 Å². The number of hydrogen-bond acceptors (Lipinski definition) is 12. The molecule has 1 aliphatic heterocycles. The number of benzene rings is 3. The Labute approximate surface area is 417 Å². The van der Waals surface area contributed by atoms with Gasteiger partial charge in [0.15, 0.2) is 6.79 Å². The van der Waals surface area contributed by atoms with Gasteiger partial charge in [0.25, 0.3) is 0 Å². The van der Waals surface area contributed by atoms with E-state index in [1.165, 1.54) is 17.8 Å². The summed E-state index contributed by atoms with van der Waals surface area (Å²) in [4.78, 5) is 54.4. The van der Waals surface area contributed by atoms with Crippen LogP contribution in [0.5, 0.6) is 5.88 Å². The second-order valence-electron chi connectivity index (χ2n) is 18.0. The number of ether oxygens (including phenoxy) is 5. The van der Waals surface area contributed by atoms with Crippen molar-refractivity contribution in [2.24, 2.45) is 0 Å². The van der Waals surface area contributed by atoms with Gasteiger partial charge in [0, 0.05) is 56.5 Å². The van der Waals surface area contributed by atoms with Gasteiger partial charge in [0.1, 0.15) is 24.1 Å². The average Bonchev–Trinajstić information content (AvgIpc) is 4.07. The van der Waals surface area contributed by atoms with E-state index in [4.69, 9.17) is 28.7 Å². The summed E-state index contributed by atoms with van der Waals surface area (Å²) < 4.78 is 43.2. The van der Waals surface area contributed by atoms with Crippen molar-refractivity contribution in [3.8, 4) is 39.4 Å². The van der Waals surface area contributed by atoms with Crippen LogP contribution in [-0.4, -0.2) is 98.7 Å². The van der Waals surface area contributed by atoms with E-state index in [9.17, 15) is 14.4 Å². The molecule has 72 heavy (non-hydrogen) atoms. The number of fused-ring (bicyclic) bond motifs is 1. The van der Waals surface area contributed by atoms with Gasteiger partial charge in [-0.05, 0) is 145 Å². The van der Waals surface area contributed by atoms with E-state index in [-0.39, 0.29) is 49.2 Å². The number of carbonyl (C=O) groups excluding carboxylic acids is 3. The Balaban J connectivity index is 0.771. The van der Waals surface area contributed by atoms with Crippen molar-refractivity contribution in [1.82, 2.24) is 25.6 Å². The van der Waals surface area contributed by atoms with Gasteiger partial charge >= 0.3 is 18.2 Å². The Hall–Kier alpha value is -7.67. The number of nitrogens with one attached hydrogen (secondary N) is 5. The first kappa shape index (κ1) is 49.3. The summed E-state index contributed by atoms with van der Waals surface area (Å²) in [6.07, 6.45) is 6.78. The lowest BCUT2D eigenvalue weighted by Crippen LogP contribution is -2.36. The van der Waals surface area contributed by atoms with Crippen molar-refractivity contribution in [1.29, 1.82) is 0 Å². The zero-order chi connectivity index (χ0) is 50.0. The lowest BCUT2D eigenvalue weighted by atomic mass is 9.98. The third kappa shape index (κ3) is 12.4. The Morgan fingerprint density at radius 3 is 2.46 bits per heavy atom. The number of amides is 5. The van der Waals surface area contributed by atoms with Gasteiger partial charge in [0.05, 0.1) is 42.8 Å². The Kier molecular flexibility index (Phi) is 15.5. The minimum atomic E-state index is -0.781. The Morgan fingerprint density at radius 1 is 0.819 bits per heavy atom. The maximum Gasteiger partial charge on any atom is 0.414 e. The quantitative estimate of drug-likeness (QED) is 0.0404. The number of urea groups is 2. The van der Waals surface area contributed by atoms with E-state index in [1.807, 2.05) is 55.5 Å². The summed E-state index contributed by atoms with van der Waals surface area (Å²) >= 11 is 0. The van der Waals surface area contributed by atoms with Crippen molar-refractivity contribution in [2.75, 3.05) is 80.8 Å². The molecule has 0 bridgehead atoms. The lowest BCUT2D eigenvalue weighted by molar-refractivity contribution is -0.0201. The van der Waals surface area contributed by atoms with E-state index in [1.54, 1.807) is 44.5 Å². The van der Waals surface area contributed by atoms with E-state index >= 15 is 4.39 Å². The maximum atomic E-state index is 15.0. The number of carbonyl (C=O) groups is 3. The molecule has 5 N–H and O–H groups in total. The third-order valence-electron chi connectivity index (χ3n) is 13.1. The smallest absolute Gasteiger partial charge is 0.414 e. The highest BCUT2D eigenvalue weighted by atomic mass is 19.1. The predicted molar refractivity (Wildman–Crippen MR) is 272 cm³/mol. The van der Waals surface area contributed by atoms with Gasteiger partial charge in [-0.2, -0.15) is 4.98 Å². The predicted octanol–water partition coefficient (Wildman–Crippen LogP) is 9.57. The molecule has 374 valence electrons. The standard InChI is InChI=1S/C54H58FN9O8/c1-34-8-10-40(59-52(66)60-45-11-9-36-6-4-5-7-41(36)45)31-42(34)39-29-49(64-20-22-69-23-21-64)63-50(30-39)71-25-24-70-33-72-53(67)62-48-28-38(13-18-57-48)46-27-37(12-17-56-46)43-32-47(44(55)26-35(43)2)61-51(65)58-19-16-54(68-3)14-15-54/h4-8,10,12-13,17-18,26-32,45H,9,11,14-16,19-25,33H2,1-3H3,(H,57,62,67)(H2,58,61,65)(H2,59,60,66)/t45-/m1/s1. The number of aryl methyl sites for hydroxylation is 3. The van der Waals surface area contributed by atoms with E-state index < -0.39 is 17.9 Å². The molecule has 3 aromatic carbocycles. The number of methoxy groups -OCH3 is 1. The molecule has 1 saturated heterocycles. The van der Waals surface area contributed by atoms with Crippen molar-refractivity contribution >= 4 is 41.2 Å². The van der Waals surface area contributed by atoms with Crippen LogP contribution in [0.15, 0.2) is 103 Å². The van der Waals surface area contributed by atoms with Gasteiger partial charge < -0.3 is 49.9 Å². The summed E-state index contributed by atoms with van der Waals surface area (Å²) in [5.74, 6) is 0.781. The minimum Gasteiger partial charge on any atom is -0.475 e. The molecule has 9 rings (SSSR count). The first-order valence-electron chi connectivity index (χ1n) is 24.1. The molecule has 4 heterocycles. The number of halogens is 1. The highest BCUT2D eigenvalue weighted by molar-refractivity contribution is 5.92. The number of aromatic nitrogens is 3. The highest BCUT2D eigenvalue weighted by Gasteiger charge is 2.42. The van der Waals surface area contributed by atoms with Crippen molar-refractivity contribution < 1.29 is 42.5 Å². The fourth-order valence-corrected chi connectivity index (χ4v) is 8.98. The highest BCUT2D eigenvalue weighted by Crippen LogP contribution is 2.42. The summed E-state index contributed by atoms with van der Waals surface area (Å²) in [7, 11) is 1.67. The van der Waals surface area contributed by atoms with Gasteiger partial charge in [-0.3, -0.25) is 10.3 Å². The van der Waals surface area contributed by atoms with E-state index in [2.05, 4.69) is 53.6 Å². The van der Waals surface area contributed by atoms with Gasteiger partial charge in [-0.25, -0.2) is 23.8 Å².